The van der Waals surface area contributed by atoms with Crippen LogP contribution in [0.4, 0.5) is 18.3 Å². The average molecular weight is 294 g/mol. The fourth-order valence-electron chi connectivity index (χ4n) is 2.41. The van der Waals surface area contributed by atoms with E-state index in [1.54, 1.807) is 0 Å². The Morgan fingerprint density at radius 2 is 2.16 bits per heavy atom. The molecule has 1 aliphatic heterocycles. The number of hydrogen-bond acceptors (Lipinski definition) is 4. The first-order valence-corrected chi connectivity index (χ1v) is 6.95. The second-order valence-electron chi connectivity index (χ2n) is 5.74. The van der Waals surface area contributed by atoms with Crippen molar-refractivity contribution in [3.8, 4) is 0 Å². The zero-order valence-electron chi connectivity index (χ0n) is 10.9. The van der Waals surface area contributed by atoms with Crippen LogP contribution >= 0.6 is 11.3 Å². The Labute approximate surface area is 114 Å². The number of hydrogen-bond donors (Lipinski definition) is 1. The summed E-state index contributed by atoms with van der Waals surface area (Å²) in [7, 11) is 0. The predicted octanol–water partition coefficient (Wildman–Crippen LogP) is 3.15. The number of thiazole rings is 1. The van der Waals surface area contributed by atoms with Gasteiger partial charge in [-0.2, -0.15) is 13.2 Å². The molecule has 19 heavy (non-hydrogen) atoms. The molecule has 0 amide bonds. The molecule has 0 bridgehead atoms. The Morgan fingerprint density at radius 1 is 1.47 bits per heavy atom. The second kappa shape index (κ2) is 4.94. The summed E-state index contributed by atoms with van der Waals surface area (Å²) in [4.78, 5) is 5.05. The maximum atomic E-state index is 12.6. The topological polar surface area (TPSA) is 36.4 Å². The number of aromatic nitrogens is 1. The van der Waals surface area contributed by atoms with Crippen molar-refractivity contribution in [2.75, 3.05) is 18.0 Å². The van der Waals surface area contributed by atoms with Crippen LogP contribution in [0.1, 0.15) is 31.6 Å². The molecular weight excluding hydrogens is 277 g/mol. The molecule has 1 saturated heterocycles. The Kier molecular flexibility index (Phi) is 3.79. The van der Waals surface area contributed by atoms with Gasteiger partial charge in [-0.15, -0.1) is 0 Å². The lowest BCUT2D eigenvalue weighted by Crippen LogP contribution is -2.32. The maximum absolute atomic E-state index is 12.6. The minimum absolute atomic E-state index is 0.139. The normalized spacial score (nSPS) is 24.3. The average Bonchev–Trinajstić information content (AvgIpc) is 2.67. The summed E-state index contributed by atoms with van der Waals surface area (Å²) < 4.78 is 37.7. The summed E-state index contributed by atoms with van der Waals surface area (Å²) in [5.74, 6) is 0. The van der Waals surface area contributed by atoms with Gasteiger partial charge in [0.15, 0.2) is 5.13 Å². The molecule has 0 saturated carbocycles. The first-order valence-electron chi connectivity index (χ1n) is 6.13. The highest BCUT2D eigenvalue weighted by atomic mass is 32.1. The van der Waals surface area contributed by atoms with Crippen molar-refractivity contribution in [3.05, 3.63) is 11.1 Å². The molecule has 0 radical (unpaired) electrons. The highest BCUT2D eigenvalue weighted by molar-refractivity contribution is 7.15. The van der Waals surface area contributed by atoms with E-state index in [2.05, 4.69) is 4.98 Å². The molecule has 0 aliphatic carbocycles. The van der Waals surface area contributed by atoms with Crippen molar-refractivity contribution >= 4 is 16.5 Å². The van der Waals surface area contributed by atoms with Gasteiger partial charge in [0.1, 0.15) is 4.88 Å². The third kappa shape index (κ3) is 3.60. The molecule has 0 aromatic carbocycles. The Balaban J connectivity index is 2.19. The van der Waals surface area contributed by atoms with Gasteiger partial charge in [-0.3, -0.25) is 0 Å². The minimum Gasteiger partial charge on any atom is -0.393 e. The van der Waals surface area contributed by atoms with Gasteiger partial charge in [0.05, 0.1) is 12.3 Å². The Morgan fingerprint density at radius 3 is 2.74 bits per heavy atom. The van der Waals surface area contributed by atoms with Crippen LogP contribution in [0.3, 0.4) is 0 Å². The van der Waals surface area contributed by atoms with Crippen LogP contribution in [0.15, 0.2) is 6.20 Å². The van der Waals surface area contributed by atoms with E-state index in [0.717, 1.165) is 6.20 Å². The number of halogens is 3. The standard InChI is InChI=1S/C12H17F3N2OS/c1-11(2)5-8(18)3-4-17(7-11)10-16-6-9(19-10)12(13,14)15/h6,8,18H,3-5,7H2,1-2H3. The van der Waals surface area contributed by atoms with Crippen molar-refractivity contribution in [2.45, 2.75) is 39.0 Å². The quantitative estimate of drug-likeness (QED) is 0.864. The number of anilines is 1. The summed E-state index contributed by atoms with van der Waals surface area (Å²) >= 11 is 0.666. The number of rotatable bonds is 1. The summed E-state index contributed by atoms with van der Waals surface area (Å²) in [6.45, 7) is 5.16. The van der Waals surface area contributed by atoms with Crippen molar-refractivity contribution in [1.29, 1.82) is 0 Å². The summed E-state index contributed by atoms with van der Waals surface area (Å²) in [6.07, 6.45) is -2.64. The third-order valence-electron chi connectivity index (χ3n) is 3.18. The second-order valence-corrected chi connectivity index (χ2v) is 6.75. The zero-order valence-corrected chi connectivity index (χ0v) is 11.7. The highest BCUT2D eigenvalue weighted by Gasteiger charge is 2.35. The fourth-order valence-corrected chi connectivity index (χ4v) is 3.22. The lowest BCUT2D eigenvalue weighted by Gasteiger charge is -2.29. The first-order chi connectivity index (χ1) is 8.67. The van der Waals surface area contributed by atoms with Crippen LogP contribution in [0.2, 0.25) is 0 Å². The van der Waals surface area contributed by atoms with E-state index in [1.165, 1.54) is 0 Å². The molecule has 7 heteroatoms. The maximum Gasteiger partial charge on any atom is 0.427 e. The highest BCUT2D eigenvalue weighted by Crippen LogP contribution is 2.38. The number of nitrogens with zero attached hydrogens (tertiary/aromatic N) is 2. The molecule has 1 N–H and O–H groups in total. The van der Waals surface area contributed by atoms with Crippen LogP contribution in [-0.2, 0) is 6.18 Å². The van der Waals surface area contributed by atoms with Gasteiger partial charge >= 0.3 is 6.18 Å². The molecule has 2 heterocycles. The van der Waals surface area contributed by atoms with Crippen LogP contribution in [0, 0.1) is 5.41 Å². The summed E-state index contributed by atoms with van der Waals surface area (Å²) in [5, 5.41) is 10.2. The fraction of sp³-hybridized carbons (Fsp3) is 0.750. The number of alkyl halides is 3. The lowest BCUT2D eigenvalue weighted by atomic mass is 9.87. The van der Waals surface area contributed by atoms with Crippen LogP contribution in [-0.4, -0.2) is 29.3 Å². The molecule has 3 nitrogen and oxygen atoms in total. The van der Waals surface area contributed by atoms with Gasteiger partial charge in [-0.1, -0.05) is 25.2 Å². The van der Waals surface area contributed by atoms with E-state index in [1.807, 2.05) is 18.7 Å². The molecule has 1 aromatic heterocycles. The largest absolute Gasteiger partial charge is 0.427 e. The Bertz CT molecular complexity index is 444. The number of aliphatic hydroxyl groups is 1. The summed E-state index contributed by atoms with van der Waals surface area (Å²) in [5.41, 5.74) is -0.139. The Hall–Kier alpha value is -0.820. The van der Waals surface area contributed by atoms with E-state index in [-0.39, 0.29) is 5.41 Å². The van der Waals surface area contributed by atoms with E-state index in [9.17, 15) is 18.3 Å². The van der Waals surface area contributed by atoms with Crippen molar-refractivity contribution in [2.24, 2.45) is 5.41 Å². The predicted molar refractivity (Wildman–Crippen MR) is 68.4 cm³/mol. The monoisotopic (exact) mass is 294 g/mol. The molecule has 1 fully saturated rings. The third-order valence-corrected chi connectivity index (χ3v) is 4.29. The zero-order chi connectivity index (χ0) is 14.3. The van der Waals surface area contributed by atoms with Crippen molar-refractivity contribution < 1.29 is 18.3 Å². The van der Waals surface area contributed by atoms with Gasteiger partial charge in [0, 0.05) is 13.1 Å². The molecule has 108 valence electrons. The molecule has 1 aliphatic rings. The molecular formula is C12H17F3N2OS. The number of aliphatic hydroxyl groups excluding tert-OH is 1. The minimum atomic E-state index is -4.34. The van der Waals surface area contributed by atoms with Crippen molar-refractivity contribution in [1.82, 2.24) is 4.98 Å². The summed E-state index contributed by atoms with van der Waals surface area (Å²) in [6, 6.07) is 0. The van der Waals surface area contributed by atoms with Gasteiger partial charge in [-0.05, 0) is 18.3 Å². The van der Waals surface area contributed by atoms with Crippen LogP contribution in [0.25, 0.3) is 0 Å². The van der Waals surface area contributed by atoms with Crippen LogP contribution < -0.4 is 4.90 Å². The van der Waals surface area contributed by atoms with Crippen molar-refractivity contribution in [3.63, 3.8) is 0 Å². The van der Waals surface area contributed by atoms with Gasteiger partial charge in [-0.25, -0.2) is 4.98 Å². The SMILES string of the molecule is CC1(C)CC(O)CCN(c2ncc(C(F)(F)F)s2)C1. The molecule has 1 unspecified atom stereocenters. The first kappa shape index (κ1) is 14.6. The lowest BCUT2D eigenvalue weighted by molar-refractivity contribution is -0.134. The van der Waals surface area contributed by atoms with Gasteiger partial charge in [0.2, 0.25) is 0 Å². The van der Waals surface area contributed by atoms with E-state index in [4.69, 9.17) is 0 Å². The molecule has 1 atom stereocenters. The molecule has 0 spiro atoms. The molecule has 1 aromatic rings. The molecule has 2 rings (SSSR count). The van der Waals surface area contributed by atoms with E-state index < -0.39 is 17.2 Å². The van der Waals surface area contributed by atoms with E-state index in [0.29, 0.717) is 42.4 Å². The van der Waals surface area contributed by atoms with Gasteiger partial charge < -0.3 is 10.0 Å². The van der Waals surface area contributed by atoms with Crippen LogP contribution in [0.5, 0.6) is 0 Å². The van der Waals surface area contributed by atoms with E-state index >= 15 is 0 Å². The van der Waals surface area contributed by atoms with Gasteiger partial charge in [0.25, 0.3) is 0 Å². The smallest absolute Gasteiger partial charge is 0.393 e.